The van der Waals surface area contributed by atoms with Crippen molar-refractivity contribution in [2.24, 2.45) is 5.73 Å². The number of hydrogen-bond donors (Lipinski definition) is 2. The number of rotatable bonds is 2. The van der Waals surface area contributed by atoms with Crippen LogP contribution in [0.5, 0.6) is 0 Å². The van der Waals surface area contributed by atoms with Crippen LogP contribution in [0.15, 0.2) is 4.42 Å². The first-order valence-electron chi connectivity index (χ1n) is 2.98. The van der Waals surface area contributed by atoms with E-state index in [-0.39, 0.29) is 6.04 Å². The van der Waals surface area contributed by atoms with Crippen LogP contribution in [0, 0.1) is 4.84 Å². The first kappa shape index (κ1) is 7.43. The second-order valence-electron chi connectivity index (χ2n) is 2.19. The molecule has 0 amide bonds. The van der Waals surface area contributed by atoms with E-state index in [0.717, 1.165) is 0 Å². The smallest absolute Gasteiger partial charge is 0.284 e. The second kappa shape index (κ2) is 2.94. The Bertz CT molecular complexity index is 251. The van der Waals surface area contributed by atoms with Crippen LogP contribution in [0.4, 0.5) is 0 Å². The van der Waals surface area contributed by atoms with E-state index in [0.29, 0.717) is 17.1 Å². The van der Waals surface area contributed by atoms with Crippen molar-refractivity contribution in [2.75, 3.05) is 0 Å². The Morgan fingerprint density at radius 1 is 1.90 bits per heavy atom. The number of aromatic amines is 1. The van der Waals surface area contributed by atoms with Crippen molar-refractivity contribution in [3.05, 3.63) is 10.7 Å². The lowest BCUT2D eigenvalue weighted by Crippen LogP contribution is -2.17. The molecule has 0 spiro atoms. The zero-order valence-corrected chi connectivity index (χ0v) is 6.44. The summed E-state index contributed by atoms with van der Waals surface area (Å²) in [4.78, 5) is 0.302. The molecule has 5 heteroatoms. The average Bonchev–Trinajstić information content (AvgIpc) is 2.13. The molecule has 0 saturated heterocycles. The summed E-state index contributed by atoms with van der Waals surface area (Å²) < 4.78 is 4.96. The third-order valence-corrected chi connectivity index (χ3v) is 1.15. The Kier molecular flexibility index (Phi) is 2.18. The Hall–Kier alpha value is -0.680. The molecular weight excluding hydrogens is 150 g/mol. The van der Waals surface area contributed by atoms with E-state index in [4.69, 9.17) is 10.2 Å². The topological polar surface area (TPSA) is 67.8 Å². The van der Waals surface area contributed by atoms with Crippen LogP contribution in [0.1, 0.15) is 12.8 Å². The van der Waals surface area contributed by atoms with Crippen LogP contribution in [-0.4, -0.2) is 16.2 Å². The fraction of sp³-hybridized carbons (Fsp3) is 0.600. The summed E-state index contributed by atoms with van der Waals surface area (Å²) in [7, 11) is 0. The highest BCUT2D eigenvalue weighted by molar-refractivity contribution is 7.71. The second-order valence-corrected chi connectivity index (χ2v) is 2.56. The zero-order chi connectivity index (χ0) is 7.56. The number of nitrogens with zero attached hydrogens (tertiary/aromatic N) is 1. The normalized spacial score (nSPS) is 13.4. The van der Waals surface area contributed by atoms with Crippen molar-refractivity contribution in [2.45, 2.75) is 19.4 Å². The van der Waals surface area contributed by atoms with Gasteiger partial charge in [-0.15, -0.1) is 5.10 Å². The summed E-state index contributed by atoms with van der Waals surface area (Å²) in [5.74, 6) is 0.569. The van der Waals surface area contributed by atoms with Crippen molar-refractivity contribution in [3.8, 4) is 0 Å². The van der Waals surface area contributed by atoms with Crippen LogP contribution >= 0.6 is 12.2 Å². The molecule has 1 aromatic rings. The predicted octanol–water partition coefficient (Wildman–Crippen LogP) is 0.622. The van der Waals surface area contributed by atoms with Gasteiger partial charge in [0, 0.05) is 12.5 Å². The highest BCUT2D eigenvalue weighted by atomic mass is 32.1. The van der Waals surface area contributed by atoms with E-state index in [1.54, 1.807) is 0 Å². The van der Waals surface area contributed by atoms with Crippen molar-refractivity contribution >= 4 is 12.2 Å². The molecule has 4 nitrogen and oxygen atoms in total. The number of aromatic nitrogens is 2. The van der Waals surface area contributed by atoms with Crippen molar-refractivity contribution < 1.29 is 4.42 Å². The molecule has 1 aromatic heterocycles. The summed E-state index contributed by atoms with van der Waals surface area (Å²) >= 11 is 4.66. The number of H-pyrrole nitrogens is 1. The first-order valence-corrected chi connectivity index (χ1v) is 3.39. The SMILES string of the molecule is CC(N)Cc1n[nH]c(=S)o1. The summed E-state index contributed by atoms with van der Waals surface area (Å²) in [5.41, 5.74) is 5.49. The maximum Gasteiger partial charge on any atom is 0.284 e. The van der Waals surface area contributed by atoms with Gasteiger partial charge in [-0.05, 0) is 19.1 Å². The molecule has 0 aliphatic rings. The highest BCUT2D eigenvalue weighted by Gasteiger charge is 2.01. The van der Waals surface area contributed by atoms with Crippen molar-refractivity contribution in [1.82, 2.24) is 10.2 Å². The van der Waals surface area contributed by atoms with Gasteiger partial charge in [0.25, 0.3) is 4.84 Å². The highest BCUT2D eigenvalue weighted by Crippen LogP contribution is 1.96. The fourth-order valence-electron chi connectivity index (χ4n) is 0.623. The molecule has 1 rings (SSSR count). The molecule has 0 bridgehead atoms. The third kappa shape index (κ3) is 1.93. The standard InChI is InChI=1S/C5H9N3OS/c1-3(6)2-4-7-8-5(10)9-4/h3H,2,6H2,1H3,(H,8,10). The van der Waals surface area contributed by atoms with Crippen LogP contribution in [-0.2, 0) is 6.42 Å². The summed E-state index contributed by atoms with van der Waals surface area (Å²) in [6, 6.07) is 0.0569. The van der Waals surface area contributed by atoms with Gasteiger partial charge in [0.15, 0.2) is 0 Å². The largest absolute Gasteiger partial charge is 0.414 e. The Morgan fingerprint density at radius 3 is 3.00 bits per heavy atom. The monoisotopic (exact) mass is 159 g/mol. The number of hydrogen-bond acceptors (Lipinski definition) is 4. The summed E-state index contributed by atoms with van der Waals surface area (Å²) in [6.07, 6.45) is 0.618. The Labute approximate surface area is 63.4 Å². The molecule has 10 heavy (non-hydrogen) atoms. The lowest BCUT2D eigenvalue weighted by atomic mass is 10.2. The molecule has 0 radical (unpaired) electrons. The molecule has 0 aliphatic carbocycles. The molecule has 1 heterocycles. The Morgan fingerprint density at radius 2 is 2.60 bits per heavy atom. The molecule has 0 fully saturated rings. The van der Waals surface area contributed by atoms with Gasteiger partial charge in [0.2, 0.25) is 5.89 Å². The summed E-state index contributed by atoms with van der Waals surface area (Å²) in [5, 5.41) is 6.30. The molecule has 3 N–H and O–H groups in total. The van der Waals surface area contributed by atoms with Crippen LogP contribution in [0.25, 0.3) is 0 Å². The minimum atomic E-state index is 0.0569. The number of nitrogens with two attached hydrogens (primary N) is 1. The molecule has 0 aromatic carbocycles. The molecule has 56 valence electrons. The molecule has 0 saturated carbocycles. The maximum atomic E-state index is 5.49. The van der Waals surface area contributed by atoms with Gasteiger partial charge in [0.1, 0.15) is 0 Å². The maximum absolute atomic E-state index is 5.49. The third-order valence-electron chi connectivity index (χ3n) is 0.979. The quantitative estimate of drug-likeness (QED) is 0.621. The lowest BCUT2D eigenvalue weighted by Gasteiger charge is -1.96. The van der Waals surface area contributed by atoms with Gasteiger partial charge in [-0.1, -0.05) is 0 Å². The van der Waals surface area contributed by atoms with Gasteiger partial charge in [0.05, 0.1) is 0 Å². The minimum absolute atomic E-state index is 0.0569. The van der Waals surface area contributed by atoms with Crippen molar-refractivity contribution in [3.63, 3.8) is 0 Å². The van der Waals surface area contributed by atoms with Gasteiger partial charge in [-0.25, -0.2) is 5.10 Å². The van der Waals surface area contributed by atoms with Gasteiger partial charge in [-0.2, -0.15) is 0 Å². The average molecular weight is 159 g/mol. The lowest BCUT2D eigenvalue weighted by molar-refractivity contribution is 0.465. The van der Waals surface area contributed by atoms with E-state index in [1.165, 1.54) is 0 Å². The summed E-state index contributed by atoms with van der Waals surface area (Å²) in [6.45, 7) is 1.88. The van der Waals surface area contributed by atoms with E-state index >= 15 is 0 Å². The van der Waals surface area contributed by atoms with Gasteiger partial charge >= 0.3 is 0 Å². The Balaban J connectivity index is 2.67. The fourth-order valence-corrected chi connectivity index (χ4v) is 0.765. The predicted molar refractivity (Wildman–Crippen MR) is 39.0 cm³/mol. The van der Waals surface area contributed by atoms with E-state index in [2.05, 4.69) is 22.4 Å². The molecule has 0 aliphatic heterocycles. The van der Waals surface area contributed by atoms with Crippen LogP contribution in [0.2, 0.25) is 0 Å². The molecule has 1 atom stereocenters. The zero-order valence-electron chi connectivity index (χ0n) is 5.63. The molecule has 1 unspecified atom stereocenters. The van der Waals surface area contributed by atoms with E-state index < -0.39 is 0 Å². The molecular formula is C5H9N3OS. The van der Waals surface area contributed by atoms with E-state index in [1.807, 2.05) is 6.92 Å². The minimum Gasteiger partial charge on any atom is -0.414 e. The van der Waals surface area contributed by atoms with Crippen LogP contribution < -0.4 is 5.73 Å². The number of nitrogens with one attached hydrogen (secondary N) is 1. The van der Waals surface area contributed by atoms with E-state index in [9.17, 15) is 0 Å². The van der Waals surface area contributed by atoms with Crippen molar-refractivity contribution in [1.29, 1.82) is 0 Å². The van der Waals surface area contributed by atoms with Gasteiger partial charge < -0.3 is 10.2 Å². The first-order chi connectivity index (χ1) is 4.68. The van der Waals surface area contributed by atoms with Gasteiger partial charge in [-0.3, -0.25) is 0 Å². The van der Waals surface area contributed by atoms with Crippen LogP contribution in [0.3, 0.4) is 0 Å².